The van der Waals surface area contributed by atoms with Crippen LogP contribution in [-0.4, -0.2) is 56.9 Å². The van der Waals surface area contributed by atoms with E-state index in [0.29, 0.717) is 18.4 Å². The normalized spacial score (nSPS) is 26.9. The molecule has 0 aromatic heterocycles. The highest BCUT2D eigenvalue weighted by Gasteiger charge is 2.24. The standard InChI is InChI=1S/C13H26N2O3S/c1-10-7-11(2)9-15(8-10)6-5-14-13(16)12(3)19(4,17)18/h10-12H,5-9H2,1-4H3,(H,14,16)/t10-,11-,12+/m1/s1. The van der Waals surface area contributed by atoms with E-state index in [4.69, 9.17) is 0 Å². The molecular weight excluding hydrogens is 264 g/mol. The molecule has 1 heterocycles. The smallest absolute Gasteiger partial charge is 0.238 e. The minimum Gasteiger partial charge on any atom is -0.354 e. The van der Waals surface area contributed by atoms with Gasteiger partial charge in [-0.05, 0) is 25.2 Å². The van der Waals surface area contributed by atoms with Crippen LogP contribution in [0.15, 0.2) is 0 Å². The number of carbonyl (C=O) groups excluding carboxylic acids is 1. The second-order valence-electron chi connectivity index (χ2n) is 5.97. The number of amides is 1. The van der Waals surface area contributed by atoms with Gasteiger partial charge in [0.2, 0.25) is 5.91 Å². The number of likely N-dealkylation sites (tertiary alicyclic amines) is 1. The minimum atomic E-state index is -3.30. The lowest BCUT2D eigenvalue weighted by Crippen LogP contribution is -2.45. The quantitative estimate of drug-likeness (QED) is 0.801. The van der Waals surface area contributed by atoms with Crippen LogP contribution in [0.1, 0.15) is 27.2 Å². The lowest BCUT2D eigenvalue weighted by molar-refractivity contribution is -0.120. The number of hydrogen-bond donors (Lipinski definition) is 1. The molecule has 1 N–H and O–H groups in total. The molecule has 0 spiro atoms. The summed E-state index contributed by atoms with van der Waals surface area (Å²) in [4.78, 5) is 14.0. The third-order valence-corrected chi connectivity index (χ3v) is 5.18. The molecule has 1 rings (SSSR count). The van der Waals surface area contributed by atoms with Gasteiger partial charge in [0.05, 0.1) is 0 Å². The van der Waals surface area contributed by atoms with E-state index in [1.54, 1.807) is 0 Å². The van der Waals surface area contributed by atoms with Gasteiger partial charge in [0.25, 0.3) is 0 Å². The van der Waals surface area contributed by atoms with Crippen molar-refractivity contribution in [2.45, 2.75) is 32.4 Å². The van der Waals surface area contributed by atoms with Crippen molar-refractivity contribution in [2.24, 2.45) is 11.8 Å². The van der Waals surface area contributed by atoms with Crippen LogP contribution in [0, 0.1) is 11.8 Å². The molecule has 0 radical (unpaired) electrons. The lowest BCUT2D eigenvalue weighted by Gasteiger charge is -2.34. The van der Waals surface area contributed by atoms with E-state index in [0.717, 1.165) is 25.9 Å². The summed E-state index contributed by atoms with van der Waals surface area (Å²) >= 11 is 0. The van der Waals surface area contributed by atoms with Gasteiger partial charge in [-0.15, -0.1) is 0 Å². The van der Waals surface area contributed by atoms with Crippen molar-refractivity contribution in [3.8, 4) is 0 Å². The fraction of sp³-hybridized carbons (Fsp3) is 0.923. The molecule has 0 aromatic rings. The Morgan fingerprint density at radius 1 is 1.32 bits per heavy atom. The highest BCUT2D eigenvalue weighted by molar-refractivity contribution is 7.92. The van der Waals surface area contributed by atoms with E-state index in [9.17, 15) is 13.2 Å². The molecule has 0 saturated carbocycles. The van der Waals surface area contributed by atoms with Crippen molar-refractivity contribution in [1.82, 2.24) is 10.2 Å². The summed E-state index contributed by atoms with van der Waals surface area (Å²) < 4.78 is 22.5. The zero-order chi connectivity index (χ0) is 14.6. The Hall–Kier alpha value is -0.620. The summed E-state index contributed by atoms with van der Waals surface area (Å²) in [5, 5.41) is 1.74. The largest absolute Gasteiger partial charge is 0.354 e. The summed E-state index contributed by atoms with van der Waals surface area (Å²) in [6.07, 6.45) is 2.35. The third-order valence-electron chi connectivity index (χ3n) is 3.68. The van der Waals surface area contributed by atoms with E-state index in [-0.39, 0.29) is 0 Å². The average Bonchev–Trinajstić information content (AvgIpc) is 2.25. The average molecular weight is 290 g/mol. The van der Waals surface area contributed by atoms with E-state index < -0.39 is 21.0 Å². The molecule has 1 saturated heterocycles. The molecular formula is C13H26N2O3S. The number of carbonyl (C=O) groups is 1. The minimum absolute atomic E-state index is 0.402. The van der Waals surface area contributed by atoms with E-state index in [1.807, 2.05) is 0 Å². The Morgan fingerprint density at radius 2 is 1.84 bits per heavy atom. The molecule has 5 nitrogen and oxygen atoms in total. The van der Waals surface area contributed by atoms with Crippen molar-refractivity contribution in [3.63, 3.8) is 0 Å². The number of hydrogen-bond acceptors (Lipinski definition) is 4. The molecule has 1 aliphatic rings. The van der Waals surface area contributed by atoms with E-state index in [2.05, 4.69) is 24.1 Å². The van der Waals surface area contributed by atoms with Gasteiger partial charge in [-0.1, -0.05) is 13.8 Å². The molecule has 1 aliphatic heterocycles. The van der Waals surface area contributed by atoms with Crippen molar-refractivity contribution in [3.05, 3.63) is 0 Å². The summed E-state index contributed by atoms with van der Waals surface area (Å²) in [5.74, 6) is 0.976. The molecule has 1 amide bonds. The van der Waals surface area contributed by atoms with Crippen LogP contribution in [0.5, 0.6) is 0 Å². The van der Waals surface area contributed by atoms with Crippen molar-refractivity contribution >= 4 is 15.7 Å². The Bertz CT molecular complexity index is 398. The molecule has 0 aliphatic carbocycles. The van der Waals surface area contributed by atoms with Crippen LogP contribution < -0.4 is 5.32 Å². The Morgan fingerprint density at radius 3 is 2.32 bits per heavy atom. The van der Waals surface area contributed by atoms with Gasteiger partial charge >= 0.3 is 0 Å². The third kappa shape index (κ3) is 5.48. The molecule has 6 heteroatoms. The molecule has 1 fully saturated rings. The number of sulfone groups is 1. The number of nitrogens with zero attached hydrogens (tertiary/aromatic N) is 1. The maximum Gasteiger partial charge on any atom is 0.238 e. The highest BCUT2D eigenvalue weighted by Crippen LogP contribution is 2.20. The Labute approximate surface area is 116 Å². The summed E-state index contributed by atoms with van der Waals surface area (Å²) in [6.45, 7) is 9.33. The van der Waals surface area contributed by atoms with Crippen LogP contribution in [0.4, 0.5) is 0 Å². The SMILES string of the molecule is C[C@@H]1C[C@@H](C)CN(CCNC(=O)[C@H](C)S(C)(=O)=O)C1. The van der Waals surface area contributed by atoms with Crippen molar-refractivity contribution in [2.75, 3.05) is 32.4 Å². The maximum absolute atomic E-state index is 11.7. The van der Waals surface area contributed by atoms with Gasteiger partial charge in [0.1, 0.15) is 5.25 Å². The topological polar surface area (TPSA) is 66.5 Å². The van der Waals surface area contributed by atoms with Gasteiger partial charge < -0.3 is 10.2 Å². The van der Waals surface area contributed by atoms with Gasteiger partial charge in [-0.2, -0.15) is 0 Å². The molecule has 112 valence electrons. The highest BCUT2D eigenvalue weighted by atomic mass is 32.2. The lowest BCUT2D eigenvalue weighted by atomic mass is 9.92. The predicted octanol–water partition coefficient (Wildman–Crippen LogP) is 0.514. The van der Waals surface area contributed by atoms with Gasteiger partial charge in [0.15, 0.2) is 9.84 Å². The molecule has 0 bridgehead atoms. The zero-order valence-corrected chi connectivity index (χ0v) is 13.2. The van der Waals surface area contributed by atoms with Crippen LogP contribution in [0.3, 0.4) is 0 Å². The first-order valence-electron chi connectivity index (χ1n) is 6.89. The molecule has 3 atom stereocenters. The van der Waals surface area contributed by atoms with E-state index in [1.165, 1.54) is 13.3 Å². The van der Waals surface area contributed by atoms with E-state index >= 15 is 0 Å². The van der Waals surface area contributed by atoms with Crippen LogP contribution in [0.2, 0.25) is 0 Å². The summed E-state index contributed by atoms with van der Waals surface area (Å²) in [6, 6.07) is 0. The fourth-order valence-electron chi connectivity index (χ4n) is 2.65. The fourth-order valence-corrected chi connectivity index (χ4v) is 3.12. The second-order valence-corrected chi connectivity index (χ2v) is 8.33. The predicted molar refractivity (Wildman–Crippen MR) is 76.7 cm³/mol. The summed E-state index contributed by atoms with van der Waals surface area (Å²) in [7, 11) is -3.30. The Kier molecular flexibility index (Phi) is 5.80. The molecule has 0 aromatic carbocycles. The van der Waals surface area contributed by atoms with Gasteiger partial charge in [0, 0.05) is 32.4 Å². The number of nitrogens with one attached hydrogen (secondary N) is 1. The number of rotatable bonds is 5. The van der Waals surface area contributed by atoms with Crippen LogP contribution in [-0.2, 0) is 14.6 Å². The monoisotopic (exact) mass is 290 g/mol. The second kappa shape index (κ2) is 6.70. The Balaban J connectivity index is 2.32. The summed E-state index contributed by atoms with van der Waals surface area (Å²) in [5.41, 5.74) is 0. The molecule has 0 unspecified atom stereocenters. The van der Waals surface area contributed by atoms with Crippen molar-refractivity contribution in [1.29, 1.82) is 0 Å². The van der Waals surface area contributed by atoms with Crippen molar-refractivity contribution < 1.29 is 13.2 Å². The van der Waals surface area contributed by atoms with Crippen LogP contribution in [0.25, 0.3) is 0 Å². The zero-order valence-electron chi connectivity index (χ0n) is 12.3. The maximum atomic E-state index is 11.7. The molecule has 19 heavy (non-hydrogen) atoms. The number of piperidine rings is 1. The first-order valence-corrected chi connectivity index (χ1v) is 8.84. The van der Waals surface area contributed by atoms with Gasteiger partial charge in [-0.25, -0.2) is 8.42 Å². The first-order chi connectivity index (χ1) is 8.70. The van der Waals surface area contributed by atoms with Crippen LogP contribution >= 0.6 is 0 Å². The first kappa shape index (κ1) is 16.4. The van der Waals surface area contributed by atoms with Gasteiger partial charge in [-0.3, -0.25) is 4.79 Å².